The van der Waals surface area contributed by atoms with Gasteiger partial charge >= 0.3 is 0 Å². The molecular weight excluding hydrogens is 434 g/mol. The molecule has 178 valence electrons. The molecule has 9 nitrogen and oxygen atoms in total. The Hall–Kier alpha value is -3.43. The van der Waals surface area contributed by atoms with Crippen LogP contribution in [0.3, 0.4) is 0 Å². The van der Waals surface area contributed by atoms with Crippen molar-refractivity contribution >= 4 is 34.1 Å². The number of fused-ring (bicyclic) bond motifs is 2. The van der Waals surface area contributed by atoms with Gasteiger partial charge in [0.25, 0.3) is 5.91 Å². The number of rotatable bonds is 6. The summed E-state index contributed by atoms with van der Waals surface area (Å²) in [7, 11) is 1.62. The van der Waals surface area contributed by atoms with E-state index in [2.05, 4.69) is 10.2 Å². The Morgan fingerprint density at radius 1 is 1.12 bits per heavy atom. The van der Waals surface area contributed by atoms with Crippen LogP contribution in [0.5, 0.6) is 5.75 Å². The van der Waals surface area contributed by atoms with E-state index in [9.17, 15) is 9.59 Å². The lowest BCUT2D eigenvalue weighted by atomic mass is 10.1. The number of hydrogen-bond acceptors (Lipinski definition) is 6. The van der Waals surface area contributed by atoms with Crippen molar-refractivity contribution in [1.29, 1.82) is 0 Å². The van der Waals surface area contributed by atoms with Crippen LogP contribution in [0.2, 0.25) is 0 Å². The Morgan fingerprint density at radius 3 is 2.71 bits per heavy atom. The number of anilines is 2. The molecule has 0 atom stereocenters. The van der Waals surface area contributed by atoms with Crippen molar-refractivity contribution in [1.82, 2.24) is 14.7 Å². The van der Waals surface area contributed by atoms with Gasteiger partial charge in [-0.15, -0.1) is 0 Å². The molecule has 2 aliphatic heterocycles. The fraction of sp³-hybridized carbons (Fsp3) is 0.400. The van der Waals surface area contributed by atoms with Gasteiger partial charge in [0, 0.05) is 49.9 Å². The number of para-hydroxylation sites is 1. The molecule has 2 aliphatic rings. The molecule has 0 bridgehead atoms. The molecule has 2 aromatic carbocycles. The van der Waals surface area contributed by atoms with E-state index in [0.29, 0.717) is 30.2 Å². The fourth-order valence-corrected chi connectivity index (χ4v) is 4.73. The molecule has 0 aliphatic carbocycles. The van der Waals surface area contributed by atoms with Crippen LogP contribution in [0.15, 0.2) is 36.4 Å². The molecular formula is C25H29N5O4. The first-order chi connectivity index (χ1) is 16.5. The molecule has 0 saturated carbocycles. The molecule has 0 unspecified atom stereocenters. The maximum Gasteiger partial charge on any atom is 0.276 e. The molecule has 5 rings (SSSR count). The van der Waals surface area contributed by atoms with Crippen LogP contribution in [0.1, 0.15) is 23.0 Å². The van der Waals surface area contributed by atoms with Gasteiger partial charge in [0.2, 0.25) is 5.91 Å². The summed E-state index contributed by atoms with van der Waals surface area (Å²) in [6.07, 6.45) is 0.821. The summed E-state index contributed by atoms with van der Waals surface area (Å²) in [5.41, 5.74) is 3.75. The summed E-state index contributed by atoms with van der Waals surface area (Å²) >= 11 is 0. The van der Waals surface area contributed by atoms with Crippen LogP contribution in [-0.4, -0.2) is 73.0 Å². The zero-order chi connectivity index (χ0) is 23.7. The standard InChI is InChI=1S/C25H29N5O4/c1-17(31)29-9-8-18-6-7-19(16-21(18)29)26-25(32)23-20-4-3-5-22(33-2)24(20)30(27-23)11-10-28-12-14-34-15-13-28/h3-7,16H,8-15H2,1-2H3,(H,26,32). The van der Waals surface area contributed by atoms with Crippen molar-refractivity contribution in [3.63, 3.8) is 0 Å². The predicted octanol–water partition coefficient (Wildman–Crippen LogP) is 2.54. The summed E-state index contributed by atoms with van der Waals surface area (Å²) in [4.78, 5) is 29.4. The van der Waals surface area contributed by atoms with Gasteiger partial charge in [-0.3, -0.25) is 19.2 Å². The van der Waals surface area contributed by atoms with Gasteiger partial charge < -0.3 is 19.7 Å². The predicted molar refractivity (Wildman–Crippen MR) is 130 cm³/mol. The number of amides is 2. The Labute approximate surface area is 198 Å². The molecule has 1 aromatic heterocycles. The number of carbonyl (C=O) groups is 2. The van der Waals surface area contributed by atoms with E-state index < -0.39 is 0 Å². The van der Waals surface area contributed by atoms with E-state index in [1.54, 1.807) is 18.9 Å². The molecule has 3 aromatic rings. The largest absolute Gasteiger partial charge is 0.494 e. The van der Waals surface area contributed by atoms with Crippen LogP contribution in [0.25, 0.3) is 10.9 Å². The number of benzene rings is 2. The van der Waals surface area contributed by atoms with Gasteiger partial charge in [-0.2, -0.15) is 5.10 Å². The highest BCUT2D eigenvalue weighted by molar-refractivity contribution is 6.12. The second-order valence-electron chi connectivity index (χ2n) is 8.60. The van der Waals surface area contributed by atoms with E-state index in [0.717, 1.165) is 61.4 Å². The SMILES string of the molecule is COc1cccc2c(C(=O)Nc3ccc4c(c3)N(C(C)=O)CC4)nn(CCN3CCOCC3)c12. The molecule has 1 fully saturated rings. The first-order valence-electron chi connectivity index (χ1n) is 11.6. The Kier molecular flexibility index (Phi) is 6.21. The van der Waals surface area contributed by atoms with E-state index in [1.165, 1.54) is 0 Å². The minimum Gasteiger partial charge on any atom is -0.494 e. The quantitative estimate of drug-likeness (QED) is 0.604. The molecule has 34 heavy (non-hydrogen) atoms. The second-order valence-corrected chi connectivity index (χ2v) is 8.60. The van der Waals surface area contributed by atoms with Crippen molar-refractivity contribution in [3.05, 3.63) is 47.7 Å². The topological polar surface area (TPSA) is 88.9 Å². The Morgan fingerprint density at radius 2 is 1.94 bits per heavy atom. The number of morpholine rings is 1. The van der Waals surface area contributed by atoms with Crippen molar-refractivity contribution in [2.24, 2.45) is 0 Å². The number of methoxy groups -OCH3 is 1. The fourth-order valence-electron chi connectivity index (χ4n) is 4.73. The van der Waals surface area contributed by atoms with Gasteiger partial charge in [0.15, 0.2) is 5.69 Å². The summed E-state index contributed by atoms with van der Waals surface area (Å²) < 4.78 is 12.9. The highest BCUT2D eigenvalue weighted by Gasteiger charge is 2.24. The van der Waals surface area contributed by atoms with Crippen LogP contribution >= 0.6 is 0 Å². The molecule has 0 spiro atoms. The lowest BCUT2D eigenvalue weighted by Crippen LogP contribution is -2.38. The maximum atomic E-state index is 13.3. The highest BCUT2D eigenvalue weighted by Crippen LogP contribution is 2.32. The van der Waals surface area contributed by atoms with Crippen molar-refractivity contribution in [2.45, 2.75) is 19.9 Å². The number of nitrogens with zero attached hydrogens (tertiary/aromatic N) is 4. The summed E-state index contributed by atoms with van der Waals surface area (Å²) in [5, 5.41) is 8.41. The second kappa shape index (κ2) is 9.44. The van der Waals surface area contributed by atoms with Crippen LogP contribution < -0.4 is 15.0 Å². The lowest BCUT2D eigenvalue weighted by molar-refractivity contribution is -0.116. The van der Waals surface area contributed by atoms with Gasteiger partial charge in [-0.05, 0) is 30.2 Å². The number of hydrogen-bond donors (Lipinski definition) is 1. The Balaban J connectivity index is 1.42. The number of nitrogens with one attached hydrogen (secondary N) is 1. The van der Waals surface area contributed by atoms with Crippen LogP contribution in [-0.2, 0) is 22.5 Å². The van der Waals surface area contributed by atoms with E-state index in [1.807, 2.05) is 41.1 Å². The average Bonchev–Trinajstić information content (AvgIpc) is 3.45. The van der Waals surface area contributed by atoms with Gasteiger partial charge in [0.05, 0.1) is 26.9 Å². The molecule has 1 N–H and O–H groups in total. The zero-order valence-corrected chi connectivity index (χ0v) is 19.5. The third-order valence-corrected chi connectivity index (χ3v) is 6.52. The minimum absolute atomic E-state index is 0.000623. The lowest BCUT2D eigenvalue weighted by Gasteiger charge is -2.26. The van der Waals surface area contributed by atoms with E-state index in [-0.39, 0.29) is 11.8 Å². The number of carbonyl (C=O) groups excluding carboxylic acids is 2. The van der Waals surface area contributed by atoms with E-state index >= 15 is 0 Å². The summed E-state index contributed by atoms with van der Waals surface area (Å²) in [6.45, 7) is 6.92. The molecule has 3 heterocycles. The monoisotopic (exact) mass is 463 g/mol. The van der Waals surface area contributed by atoms with Crippen molar-refractivity contribution in [2.75, 3.05) is 56.7 Å². The maximum absolute atomic E-state index is 13.3. The summed E-state index contributed by atoms with van der Waals surface area (Å²) in [6, 6.07) is 11.3. The molecule has 1 saturated heterocycles. The smallest absolute Gasteiger partial charge is 0.276 e. The van der Waals surface area contributed by atoms with Gasteiger partial charge in [0.1, 0.15) is 11.3 Å². The average molecular weight is 464 g/mol. The summed E-state index contributed by atoms with van der Waals surface area (Å²) in [5.74, 6) is 0.385. The van der Waals surface area contributed by atoms with Gasteiger partial charge in [-0.1, -0.05) is 18.2 Å². The molecule has 2 amide bonds. The third kappa shape index (κ3) is 4.24. The third-order valence-electron chi connectivity index (χ3n) is 6.52. The number of ether oxygens (including phenoxy) is 2. The first kappa shape index (κ1) is 22.4. The molecule has 9 heteroatoms. The Bertz CT molecular complexity index is 1230. The van der Waals surface area contributed by atoms with Crippen LogP contribution in [0, 0.1) is 0 Å². The first-order valence-corrected chi connectivity index (χ1v) is 11.6. The van der Waals surface area contributed by atoms with E-state index in [4.69, 9.17) is 14.6 Å². The normalized spacial score (nSPS) is 16.0. The zero-order valence-electron chi connectivity index (χ0n) is 19.5. The number of aromatic nitrogens is 2. The highest BCUT2D eigenvalue weighted by atomic mass is 16.5. The minimum atomic E-state index is -0.296. The van der Waals surface area contributed by atoms with Crippen molar-refractivity contribution in [3.8, 4) is 5.75 Å². The van der Waals surface area contributed by atoms with Crippen LogP contribution in [0.4, 0.5) is 11.4 Å². The van der Waals surface area contributed by atoms with Crippen molar-refractivity contribution < 1.29 is 19.1 Å². The molecule has 0 radical (unpaired) electrons. The van der Waals surface area contributed by atoms with Gasteiger partial charge in [-0.25, -0.2) is 0 Å².